The molecule has 0 bridgehead atoms. The first-order chi connectivity index (χ1) is 12.3. The van der Waals surface area contributed by atoms with Gasteiger partial charge in [0.05, 0.1) is 11.5 Å². The predicted octanol–water partition coefficient (Wildman–Crippen LogP) is 3.21. The molecule has 3 aromatic rings. The van der Waals surface area contributed by atoms with Gasteiger partial charge in [0.25, 0.3) is 5.91 Å². The van der Waals surface area contributed by atoms with Crippen LogP contribution in [0.1, 0.15) is 23.7 Å². The Kier molecular flexibility index (Phi) is 4.10. The molecule has 0 N–H and O–H groups in total. The molecule has 3 heterocycles. The molecule has 0 fully saturated rings. The van der Waals surface area contributed by atoms with Crippen LogP contribution in [0.25, 0.3) is 10.7 Å². The second kappa shape index (κ2) is 6.56. The van der Waals surface area contributed by atoms with E-state index in [2.05, 4.69) is 10.1 Å². The predicted molar refractivity (Wildman–Crippen MR) is 91.4 cm³/mol. The quantitative estimate of drug-likeness (QED) is 0.698. The number of rotatable bonds is 5. The summed E-state index contributed by atoms with van der Waals surface area (Å²) in [6, 6.07) is 9.03. The summed E-state index contributed by atoms with van der Waals surface area (Å²) in [7, 11) is 0. The number of aromatic nitrogens is 3. The minimum atomic E-state index is -0.305. The molecule has 7 nitrogen and oxygen atoms in total. The Morgan fingerprint density at radius 3 is 3.00 bits per heavy atom. The minimum absolute atomic E-state index is 0.158. The second-order valence-electron chi connectivity index (χ2n) is 5.33. The lowest BCUT2D eigenvalue weighted by molar-refractivity contribution is 0.0944. The van der Waals surface area contributed by atoms with Crippen LogP contribution >= 0.6 is 11.3 Å². The molecule has 0 aliphatic carbocycles. The molecule has 2 aromatic heterocycles. The van der Waals surface area contributed by atoms with E-state index < -0.39 is 0 Å². The van der Waals surface area contributed by atoms with Crippen molar-refractivity contribution in [2.45, 2.75) is 13.3 Å². The zero-order chi connectivity index (χ0) is 17.2. The van der Waals surface area contributed by atoms with Crippen molar-refractivity contribution in [1.82, 2.24) is 14.8 Å². The Morgan fingerprint density at radius 2 is 2.20 bits per heavy atom. The topological polar surface area (TPSA) is 75.5 Å². The normalized spacial score (nSPS) is 12.4. The summed E-state index contributed by atoms with van der Waals surface area (Å²) in [5.74, 6) is 1.33. The van der Waals surface area contributed by atoms with Gasteiger partial charge in [0.1, 0.15) is 0 Å². The molecule has 128 valence electrons. The maximum atomic E-state index is 13.0. The Balaban J connectivity index is 1.72. The maximum absolute atomic E-state index is 13.0. The average Bonchev–Trinajstić information content (AvgIpc) is 3.38. The number of hydrogen-bond donors (Lipinski definition) is 0. The number of carbonyl (C=O) groups excluding carboxylic acids is 1. The summed E-state index contributed by atoms with van der Waals surface area (Å²) >= 11 is 1.48. The average molecular weight is 357 g/mol. The fourth-order valence-corrected chi connectivity index (χ4v) is 3.10. The highest BCUT2D eigenvalue weighted by Crippen LogP contribution is 2.33. The summed E-state index contributed by atoms with van der Waals surface area (Å²) in [6.45, 7) is 2.65. The first-order valence-corrected chi connectivity index (χ1v) is 8.72. The van der Waals surface area contributed by atoms with Gasteiger partial charge >= 0.3 is 6.01 Å². The Bertz CT molecular complexity index is 905. The summed E-state index contributed by atoms with van der Waals surface area (Å²) in [4.78, 5) is 18.2. The van der Waals surface area contributed by atoms with Crippen molar-refractivity contribution in [3.05, 3.63) is 41.3 Å². The van der Waals surface area contributed by atoms with E-state index in [4.69, 9.17) is 14.2 Å². The van der Waals surface area contributed by atoms with Crippen LogP contribution in [-0.4, -0.2) is 34.1 Å². The lowest BCUT2D eigenvalue weighted by atomic mass is 10.2. The van der Waals surface area contributed by atoms with Gasteiger partial charge in [-0.25, -0.2) is 0 Å². The molecule has 0 amide bonds. The van der Waals surface area contributed by atoms with Crippen molar-refractivity contribution in [3.8, 4) is 28.2 Å². The van der Waals surface area contributed by atoms with Gasteiger partial charge in [-0.3, -0.25) is 4.79 Å². The molecule has 0 saturated heterocycles. The maximum Gasteiger partial charge on any atom is 0.336 e. The Morgan fingerprint density at radius 1 is 1.32 bits per heavy atom. The van der Waals surface area contributed by atoms with E-state index in [1.54, 1.807) is 18.2 Å². The molecular formula is C17H15N3O4S. The number of fused-ring (bicyclic) bond motifs is 1. The van der Waals surface area contributed by atoms with Gasteiger partial charge in [0.15, 0.2) is 17.3 Å². The van der Waals surface area contributed by atoms with Crippen molar-refractivity contribution in [3.63, 3.8) is 0 Å². The number of thiophene rings is 1. The SMILES string of the molecule is CCCOc1nc(-c2cccs2)n(C(=O)c2ccc3c(c2)OCO3)n1. The molecule has 0 spiro atoms. The van der Waals surface area contributed by atoms with Crippen LogP contribution in [0.15, 0.2) is 35.7 Å². The van der Waals surface area contributed by atoms with E-state index in [0.717, 1.165) is 11.3 Å². The third-order valence-corrected chi connectivity index (χ3v) is 4.44. The van der Waals surface area contributed by atoms with Crippen LogP contribution in [0.3, 0.4) is 0 Å². The summed E-state index contributed by atoms with van der Waals surface area (Å²) in [6.07, 6.45) is 0.832. The molecule has 25 heavy (non-hydrogen) atoms. The first-order valence-electron chi connectivity index (χ1n) is 7.84. The number of carbonyl (C=O) groups is 1. The van der Waals surface area contributed by atoms with E-state index in [9.17, 15) is 4.79 Å². The molecular weight excluding hydrogens is 342 g/mol. The molecule has 1 aliphatic rings. The molecule has 0 unspecified atom stereocenters. The van der Waals surface area contributed by atoms with Crippen molar-refractivity contribution in [2.24, 2.45) is 0 Å². The van der Waals surface area contributed by atoms with Crippen LogP contribution in [0.2, 0.25) is 0 Å². The Labute approximate surface area is 147 Å². The van der Waals surface area contributed by atoms with Gasteiger partial charge in [0.2, 0.25) is 6.79 Å². The first kappa shape index (κ1) is 15.6. The monoisotopic (exact) mass is 357 g/mol. The molecule has 1 aromatic carbocycles. The highest BCUT2D eigenvalue weighted by Gasteiger charge is 2.23. The van der Waals surface area contributed by atoms with Gasteiger partial charge in [-0.15, -0.1) is 16.4 Å². The number of nitrogens with zero attached hydrogens (tertiary/aromatic N) is 3. The van der Waals surface area contributed by atoms with Crippen molar-refractivity contribution in [1.29, 1.82) is 0 Å². The molecule has 8 heteroatoms. The minimum Gasteiger partial charge on any atom is -0.462 e. The Hall–Kier alpha value is -2.87. The zero-order valence-corrected chi connectivity index (χ0v) is 14.3. The molecule has 4 rings (SSSR count). The van der Waals surface area contributed by atoms with Crippen LogP contribution in [0.4, 0.5) is 0 Å². The molecule has 0 radical (unpaired) electrons. The largest absolute Gasteiger partial charge is 0.462 e. The highest BCUT2D eigenvalue weighted by molar-refractivity contribution is 7.13. The van der Waals surface area contributed by atoms with Crippen molar-refractivity contribution in [2.75, 3.05) is 13.4 Å². The standard InChI is InChI=1S/C17H15N3O4S/c1-2-7-22-17-18-15(14-4-3-8-25-14)20(19-17)16(21)11-5-6-12-13(9-11)24-10-23-12/h3-6,8-9H,2,7,10H2,1H3. The van der Waals surface area contributed by atoms with E-state index >= 15 is 0 Å². The lowest BCUT2D eigenvalue weighted by Gasteiger charge is -2.04. The number of ether oxygens (including phenoxy) is 3. The van der Waals surface area contributed by atoms with Crippen LogP contribution in [0, 0.1) is 0 Å². The van der Waals surface area contributed by atoms with Gasteiger partial charge in [0, 0.05) is 5.56 Å². The fourth-order valence-electron chi connectivity index (χ4n) is 2.41. The summed E-state index contributed by atoms with van der Waals surface area (Å²) in [5.41, 5.74) is 0.439. The third kappa shape index (κ3) is 2.96. The van der Waals surface area contributed by atoms with E-state index in [-0.39, 0.29) is 18.7 Å². The van der Waals surface area contributed by atoms with Crippen LogP contribution < -0.4 is 14.2 Å². The van der Waals surface area contributed by atoms with Crippen LogP contribution in [-0.2, 0) is 0 Å². The van der Waals surface area contributed by atoms with Gasteiger partial charge < -0.3 is 14.2 Å². The van der Waals surface area contributed by atoms with Gasteiger partial charge in [-0.05, 0) is 36.1 Å². The smallest absolute Gasteiger partial charge is 0.336 e. The highest BCUT2D eigenvalue weighted by atomic mass is 32.1. The summed E-state index contributed by atoms with van der Waals surface area (Å²) < 4.78 is 17.4. The third-order valence-electron chi connectivity index (χ3n) is 3.58. The van der Waals surface area contributed by atoms with E-state index in [0.29, 0.717) is 29.5 Å². The lowest BCUT2D eigenvalue weighted by Crippen LogP contribution is -2.15. The molecule has 1 aliphatic heterocycles. The molecule has 0 atom stereocenters. The fraction of sp³-hybridized carbons (Fsp3) is 0.235. The van der Waals surface area contributed by atoms with Crippen LogP contribution in [0.5, 0.6) is 17.5 Å². The number of hydrogen-bond acceptors (Lipinski definition) is 7. The van der Waals surface area contributed by atoms with Crippen molar-refractivity contribution >= 4 is 17.2 Å². The second-order valence-corrected chi connectivity index (χ2v) is 6.28. The number of benzene rings is 1. The van der Waals surface area contributed by atoms with Crippen molar-refractivity contribution < 1.29 is 19.0 Å². The van der Waals surface area contributed by atoms with Gasteiger partial charge in [-0.2, -0.15) is 9.67 Å². The molecule has 0 saturated carbocycles. The van der Waals surface area contributed by atoms with E-state index in [1.165, 1.54) is 16.0 Å². The van der Waals surface area contributed by atoms with Gasteiger partial charge in [-0.1, -0.05) is 13.0 Å². The zero-order valence-electron chi connectivity index (χ0n) is 13.5. The van der Waals surface area contributed by atoms with E-state index in [1.807, 2.05) is 24.4 Å². The summed E-state index contributed by atoms with van der Waals surface area (Å²) in [5, 5.41) is 6.16.